The van der Waals surface area contributed by atoms with Crippen molar-refractivity contribution in [2.75, 3.05) is 25.5 Å². The fourth-order valence-electron chi connectivity index (χ4n) is 4.64. The van der Waals surface area contributed by atoms with E-state index in [1.54, 1.807) is 31.4 Å². The Kier molecular flexibility index (Phi) is 5.34. The summed E-state index contributed by atoms with van der Waals surface area (Å²) in [5.74, 6) is 2.35. The summed E-state index contributed by atoms with van der Waals surface area (Å²) in [6.45, 7) is 2.08. The zero-order chi connectivity index (χ0) is 22.1. The van der Waals surface area contributed by atoms with Gasteiger partial charge in [-0.1, -0.05) is 30.3 Å². The van der Waals surface area contributed by atoms with Gasteiger partial charge in [0.15, 0.2) is 0 Å². The molecule has 8 heteroatoms. The van der Waals surface area contributed by atoms with Crippen LogP contribution in [0.15, 0.2) is 54.6 Å². The van der Waals surface area contributed by atoms with Crippen molar-refractivity contribution >= 4 is 17.5 Å². The molecule has 1 fully saturated rings. The number of nitrogens with one attached hydrogen (secondary N) is 1. The number of ether oxygens (including phenoxy) is 1. The highest BCUT2D eigenvalue weighted by atomic mass is 16.5. The van der Waals surface area contributed by atoms with E-state index in [9.17, 15) is 9.59 Å². The molecule has 1 aromatic heterocycles. The molecule has 1 saturated heterocycles. The van der Waals surface area contributed by atoms with Gasteiger partial charge in [0.1, 0.15) is 11.6 Å². The first-order chi connectivity index (χ1) is 15.6. The van der Waals surface area contributed by atoms with Crippen LogP contribution in [0, 0.1) is 11.8 Å². The van der Waals surface area contributed by atoms with Gasteiger partial charge in [-0.2, -0.15) is 0 Å². The second-order valence-corrected chi connectivity index (χ2v) is 8.42. The molecule has 1 N–H and O–H groups in total. The second-order valence-electron chi connectivity index (χ2n) is 8.42. The molecule has 2 aliphatic heterocycles. The van der Waals surface area contributed by atoms with Gasteiger partial charge in [-0.15, -0.1) is 10.2 Å². The molecular formula is C24H25N5O3. The molecule has 2 aromatic carbocycles. The van der Waals surface area contributed by atoms with Crippen LogP contribution < -0.4 is 10.1 Å². The number of hydrogen-bond acceptors (Lipinski definition) is 5. The van der Waals surface area contributed by atoms with E-state index < -0.39 is 0 Å². The lowest BCUT2D eigenvalue weighted by Crippen LogP contribution is -2.31. The maximum Gasteiger partial charge on any atom is 0.293 e. The largest absolute Gasteiger partial charge is 0.497 e. The van der Waals surface area contributed by atoms with Crippen LogP contribution in [0.5, 0.6) is 5.75 Å². The zero-order valence-corrected chi connectivity index (χ0v) is 17.9. The smallest absolute Gasteiger partial charge is 0.293 e. The molecule has 0 radical (unpaired) electrons. The average molecular weight is 431 g/mol. The van der Waals surface area contributed by atoms with Crippen LogP contribution in [-0.2, 0) is 24.2 Å². The molecular weight excluding hydrogens is 406 g/mol. The third-order valence-electron chi connectivity index (χ3n) is 6.37. The van der Waals surface area contributed by atoms with Crippen LogP contribution in [0.2, 0.25) is 0 Å². The number of amides is 2. The summed E-state index contributed by atoms with van der Waals surface area (Å²) in [6.07, 6.45) is 1.14. The lowest BCUT2D eigenvalue weighted by molar-refractivity contribution is -0.129. The van der Waals surface area contributed by atoms with E-state index in [2.05, 4.69) is 15.5 Å². The van der Waals surface area contributed by atoms with Crippen molar-refractivity contribution in [3.05, 3.63) is 71.8 Å². The number of methoxy groups -OCH3 is 1. The number of nitrogens with zero attached hydrogens (tertiary/aromatic N) is 4. The number of likely N-dealkylation sites (tertiary alicyclic amines) is 1. The van der Waals surface area contributed by atoms with Crippen molar-refractivity contribution < 1.29 is 14.3 Å². The average Bonchev–Trinajstić information content (AvgIpc) is 3.42. The molecule has 0 spiro atoms. The van der Waals surface area contributed by atoms with E-state index in [1.165, 1.54) is 0 Å². The van der Waals surface area contributed by atoms with Crippen molar-refractivity contribution in [2.45, 2.75) is 19.4 Å². The van der Waals surface area contributed by atoms with Gasteiger partial charge in [-0.05, 0) is 41.7 Å². The van der Waals surface area contributed by atoms with Crippen LogP contribution in [0.4, 0.5) is 5.69 Å². The summed E-state index contributed by atoms with van der Waals surface area (Å²) in [7, 11) is 1.60. The summed E-state index contributed by atoms with van der Waals surface area (Å²) < 4.78 is 7.06. The highest BCUT2D eigenvalue weighted by molar-refractivity contribution is 6.01. The number of rotatable bonds is 5. The number of carbonyl (C=O) groups excluding carboxylic acids is 2. The van der Waals surface area contributed by atoms with E-state index in [0.29, 0.717) is 42.9 Å². The first kappa shape index (κ1) is 20.2. The molecule has 0 unspecified atom stereocenters. The molecule has 8 nitrogen and oxygen atoms in total. The normalized spacial score (nSPS) is 19.2. The third kappa shape index (κ3) is 3.95. The maximum atomic E-state index is 12.8. The number of carbonyl (C=O) groups is 2. The Bertz CT molecular complexity index is 1130. The monoisotopic (exact) mass is 431 g/mol. The predicted molar refractivity (Wildman–Crippen MR) is 118 cm³/mol. The standard InChI is InChI=1S/C24H25N5O3/c1-32-20-9-7-19(8-10-20)25-24(31)23-27-26-21-12-17-13-28(14-18(17)15-29(21)23)22(30)11-16-5-3-2-4-6-16/h2-10,17-18H,11-15H2,1H3,(H,25,31)/t17-,18+/m1/s1. The van der Waals surface area contributed by atoms with Crippen molar-refractivity contribution in [1.29, 1.82) is 0 Å². The molecule has 32 heavy (non-hydrogen) atoms. The molecule has 3 aromatic rings. The van der Waals surface area contributed by atoms with Gasteiger partial charge in [0.25, 0.3) is 5.91 Å². The minimum atomic E-state index is -0.289. The lowest BCUT2D eigenvalue weighted by atomic mass is 9.89. The molecule has 2 atom stereocenters. The Labute approximate surface area is 186 Å². The SMILES string of the molecule is COc1ccc(NC(=O)c2nnc3n2C[C@@H]2CN(C(=O)Cc4ccccc4)C[C@H]2C3)cc1. The second kappa shape index (κ2) is 8.45. The third-order valence-corrected chi connectivity index (χ3v) is 6.37. The maximum absolute atomic E-state index is 12.8. The number of fused-ring (bicyclic) bond motifs is 2. The van der Waals surface area contributed by atoms with E-state index >= 15 is 0 Å². The molecule has 0 aliphatic carbocycles. The highest BCUT2D eigenvalue weighted by Crippen LogP contribution is 2.33. The Morgan fingerprint density at radius 2 is 1.75 bits per heavy atom. The first-order valence-corrected chi connectivity index (χ1v) is 10.8. The van der Waals surface area contributed by atoms with Gasteiger partial charge >= 0.3 is 0 Å². The quantitative estimate of drug-likeness (QED) is 0.670. The summed E-state index contributed by atoms with van der Waals surface area (Å²) >= 11 is 0. The molecule has 2 amide bonds. The molecule has 5 rings (SSSR count). The summed E-state index contributed by atoms with van der Waals surface area (Å²) in [5.41, 5.74) is 1.70. The fraction of sp³-hybridized carbons (Fsp3) is 0.333. The minimum Gasteiger partial charge on any atom is -0.497 e. The molecule has 2 aliphatic rings. The summed E-state index contributed by atoms with van der Waals surface area (Å²) in [6, 6.07) is 17.0. The van der Waals surface area contributed by atoms with Crippen molar-refractivity contribution in [1.82, 2.24) is 19.7 Å². The van der Waals surface area contributed by atoms with Crippen LogP contribution >= 0.6 is 0 Å². The molecule has 0 bridgehead atoms. The van der Waals surface area contributed by atoms with Crippen molar-refractivity contribution in [3.63, 3.8) is 0 Å². The van der Waals surface area contributed by atoms with E-state index in [1.807, 2.05) is 39.8 Å². The van der Waals surface area contributed by atoms with Crippen LogP contribution in [0.1, 0.15) is 22.0 Å². The Hall–Kier alpha value is -3.68. The molecule has 0 saturated carbocycles. The van der Waals surface area contributed by atoms with E-state index in [4.69, 9.17) is 4.74 Å². The van der Waals surface area contributed by atoms with Gasteiger partial charge in [0, 0.05) is 31.7 Å². The number of benzene rings is 2. The van der Waals surface area contributed by atoms with Gasteiger partial charge in [-0.25, -0.2) is 0 Å². The van der Waals surface area contributed by atoms with Gasteiger partial charge in [0.2, 0.25) is 11.7 Å². The first-order valence-electron chi connectivity index (χ1n) is 10.8. The molecule has 164 valence electrons. The lowest BCUT2D eigenvalue weighted by Gasteiger charge is -2.25. The van der Waals surface area contributed by atoms with Gasteiger partial charge in [0.05, 0.1) is 13.5 Å². The Balaban J connectivity index is 1.25. The van der Waals surface area contributed by atoms with Gasteiger partial charge in [-0.3, -0.25) is 9.59 Å². The van der Waals surface area contributed by atoms with E-state index in [0.717, 1.165) is 30.1 Å². The Morgan fingerprint density at radius 3 is 2.50 bits per heavy atom. The number of hydrogen-bond donors (Lipinski definition) is 1. The Morgan fingerprint density at radius 1 is 1.00 bits per heavy atom. The topological polar surface area (TPSA) is 89.3 Å². The fourth-order valence-corrected chi connectivity index (χ4v) is 4.64. The van der Waals surface area contributed by atoms with Gasteiger partial charge < -0.3 is 19.5 Å². The molecule has 3 heterocycles. The summed E-state index contributed by atoms with van der Waals surface area (Å²) in [4.78, 5) is 27.6. The van der Waals surface area contributed by atoms with Crippen molar-refractivity contribution in [3.8, 4) is 5.75 Å². The van der Waals surface area contributed by atoms with Crippen molar-refractivity contribution in [2.24, 2.45) is 11.8 Å². The number of aromatic nitrogens is 3. The van der Waals surface area contributed by atoms with Crippen LogP contribution in [-0.4, -0.2) is 51.7 Å². The minimum absolute atomic E-state index is 0.152. The predicted octanol–water partition coefficient (Wildman–Crippen LogP) is 2.41. The van der Waals surface area contributed by atoms with Crippen LogP contribution in [0.25, 0.3) is 0 Å². The van der Waals surface area contributed by atoms with Crippen LogP contribution in [0.3, 0.4) is 0 Å². The highest BCUT2D eigenvalue weighted by Gasteiger charge is 2.40. The summed E-state index contributed by atoms with van der Waals surface area (Å²) in [5, 5.41) is 11.3. The zero-order valence-electron chi connectivity index (χ0n) is 17.9. The van der Waals surface area contributed by atoms with E-state index in [-0.39, 0.29) is 11.8 Å². The number of anilines is 1.